The van der Waals surface area contributed by atoms with Gasteiger partial charge in [-0.2, -0.15) is 0 Å². The van der Waals surface area contributed by atoms with Crippen LogP contribution < -0.4 is 15.9 Å². The fourth-order valence-corrected chi connectivity index (χ4v) is 6.66. The summed E-state index contributed by atoms with van der Waals surface area (Å²) >= 11 is 0. The number of nitrogens with zero attached hydrogens (tertiary/aromatic N) is 2. The molecular weight excluding hydrogens is 671 g/mol. The minimum atomic E-state index is -1.44. The molecule has 0 radical (unpaired) electrons. The van der Waals surface area contributed by atoms with Crippen LogP contribution in [-0.4, -0.2) is 82.3 Å². The van der Waals surface area contributed by atoms with Gasteiger partial charge >= 0.3 is 0 Å². The molecule has 2 N–H and O–H groups in total. The van der Waals surface area contributed by atoms with Crippen molar-refractivity contribution in [3.63, 3.8) is 0 Å². The number of carboxylic acids is 2. The summed E-state index contributed by atoms with van der Waals surface area (Å²) in [4.78, 5) is 19.6. The molecule has 54 heavy (non-hydrogen) atoms. The van der Waals surface area contributed by atoms with Crippen LogP contribution in [0.25, 0.3) is 0 Å². The van der Waals surface area contributed by atoms with E-state index in [0.29, 0.717) is 0 Å². The van der Waals surface area contributed by atoms with E-state index in [-0.39, 0.29) is 12.8 Å². The van der Waals surface area contributed by atoms with Crippen LogP contribution in [0.5, 0.6) is 0 Å². The molecule has 1 unspecified atom stereocenters. The number of unbranched alkanes of at least 4 members (excludes halogenated alkanes) is 30. The van der Waals surface area contributed by atoms with Gasteiger partial charge in [0, 0.05) is 12.0 Å². The summed E-state index contributed by atoms with van der Waals surface area (Å²) in [5, 5.41) is 19.6. The lowest BCUT2D eigenvalue weighted by atomic mass is 10.0. The van der Waals surface area contributed by atoms with E-state index >= 15 is 0 Å². The largest absolute Gasteiger partial charge is 0.550 e. The molecule has 0 spiro atoms. The van der Waals surface area contributed by atoms with Gasteiger partial charge in [-0.15, -0.1) is 0 Å². The van der Waals surface area contributed by atoms with E-state index in [1.54, 1.807) is 0 Å². The molecule has 0 aromatic carbocycles. The lowest BCUT2D eigenvalue weighted by molar-refractivity contribution is -0.870. The Kier molecular flexibility index (Phi) is 45.5. The van der Waals surface area contributed by atoms with Crippen LogP contribution in [0.15, 0.2) is 0 Å². The first-order valence-corrected chi connectivity index (χ1v) is 23.4. The average molecular weight is 770 g/mol. The van der Waals surface area contributed by atoms with E-state index in [0.717, 1.165) is 8.97 Å². The molecule has 0 bridgehead atoms. The summed E-state index contributed by atoms with van der Waals surface area (Å²) < 4.78 is 2.25. The fraction of sp³-hybridized carbons (Fsp3) is 0.957. The normalized spacial score (nSPS) is 12.1. The van der Waals surface area contributed by atoms with Crippen LogP contribution >= 0.6 is 0 Å². The van der Waals surface area contributed by atoms with Crippen LogP contribution in [0.1, 0.15) is 232 Å². The van der Waals surface area contributed by atoms with Gasteiger partial charge in [-0.1, -0.05) is 194 Å². The van der Waals surface area contributed by atoms with E-state index < -0.39 is 18.0 Å². The third-order valence-electron chi connectivity index (χ3n) is 10.3. The van der Waals surface area contributed by atoms with Crippen molar-refractivity contribution in [3.8, 4) is 0 Å². The molecular formula is C47H99N3O4. The van der Waals surface area contributed by atoms with Gasteiger partial charge in [0.25, 0.3) is 0 Å². The van der Waals surface area contributed by atoms with Crippen molar-refractivity contribution in [1.29, 1.82) is 0 Å². The predicted octanol–water partition coefficient (Wildman–Crippen LogP) is 10.5. The number of hydrogen-bond acceptors (Lipinski definition) is 5. The molecule has 0 heterocycles. The first-order valence-electron chi connectivity index (χ1n) is 23.4. The highest BCUT2D eigenvalue weighted by molar-refractivity contribution is 5.72. The van der Waals surface area contributed by atoms with E-state index in [2.05, 4.69) is 56.1 Å². The second kappa shape index (κ2) is 43.0. The second-order valence-electron chi connectivity index (χ2n) is 18.5. The summed E-state index contributed by atoms with van der Waals surface area (Å²) in [5.41, 5.74) is 4.91. The first kappa shape index (κ1) is 57.1. The van der Waals surface area contributed by atoms with Crippen molar-refractivity contribution < 1.29 is 28.8 Å². The highest BCUT2D eigenvalue weighted by atomic mass is 16.4. The third-order valence-corrected chi connectivity index (χ3v) is 10.3. The van der Waals surface area contributed by atoms with Crippen molar-refractivity contribution >= 4 is 11.9 Å². The number of nitrogens with two attached hydrogens (primary N) is 1. The average Bonchev–Trinajstić information content (AvgIpc) is 3.09. The minimum absolute atomic E-state index is 0.148. The van der Waals surface area contributed by atoms with Gasteiger partial charge in [-0.05, 0) is 38.5 Å². The fourth-order valence-electron chi connectivity index (χ4n) is 6.66. The Morgan fingerprint density at radius 2 is 0.611 bits per heavy atom. The topological polar surface area (TPSA) is 106 Å². The Balaban J connectivity index is -0.000000774. The maximum atomic E-state index is 9.86. The Bertz CT molecular complexity index is 717. The van der Waals surface area contributed by atoms with Gasteiger partial charge < -0.3 is 34.5 Å². The number of carboxylic acid groups (broad SMARTS) is 2. The second-order valence-corrected chi connectivity index (χ2v) is 18.5. The van der Waals surface area contributed by atoms with Crippen molar-refractivity contribution in [3.05, 3.63) is 0 Å². The van der Waals surface area contributed by atoms with E-state index in [9.17, 15) is 19.8 Å². The Hall–Kier alpha value is -1.18. The highest BCUT2D eigenvalue weighted by Crippen LogP contribution is 2.15. The summed E-state index contributed by atoms with van der Waals surface area (Å²) in [6, 6.07) is -1.21. The zero-order valence-corrected chi connectivity index (χ0v) is 38.1. The summed E-state index contributed by atoms with van der Waals surface area (Å²) in [5.74, 6) is -2.75. The van der Waals surface area contributed by atoms with Gasteiger partial charge in [0.05, 0.1) is 61.3 Å². The summed E-state index contributed by atoms with van der Waals surface area (Å²) in [7, 11) is 13.8. The molecule has 0 aromatic heterocycles. The third kappa shape index (κ3) is 60.1. The SMILES string of the molecule is CCCCCCCCCCCCCCCCCC[N+](C)(C)C.CCCCCCCCCCCCCCCCCC[N+](C)(C)C.NC(CCC(=O)[O-])C(=O)[O-]. The zero-order chi connectivity index (χ0) is 41.2. The molecule has 0 saturated carbocycles. The molecule has 0 fully saturated rings. The lowest BCUT2D eigenvalue weighted by Gasteiger charge is -2.23. The number of carbonyl (C=O) groups is 2. The van der Waals surface area contributed by atoms with E-state index in [1.165, 1.54) is 219 Å². The van der Waals surface area contributed by atoms with E-state index in [4.69, 9.17) is 5.73 Å². The molecule has 0 aliphatic rings. The van der Waals surface area contributed by atoms with Crippen molar-refractivity contribution in [1.82, 2.24) is 0 Å². The van der Waals surface area contributed by atoms with Gasteiger partial charge in [-0.25, -0.2) is 0 Å². The predicted molar refractivity (Wildman–Crippen MR) is 232 cm³/mol. The van der Waals surface area contributed by atoms with Crippen molar-refractivity contribution in [2.45, 2.75) is 238 Å². The van der Waals surface area contributed by atoms with Crippen molar-refractivity contribution in [2.75, 3.05) is 55.4 Å². The number of aliphatic carboxylic acids is 2. The molecule has 0 saturated heterocycles. The molecule has 326 valence electrons. The van der Waals surface area contributed by atoms with Crippen LogP contribution in [0.4, 0.5) is 0 Å². The number of carbonyl (C=O) groups excluding carboxylic acids is 2. The molecule has 0 aliphatic carbocycles. The summed E-state index contributed by atoms with van der Waals surface area (Å²) in [6.45, 7) is 7.26. The van der Waals surface area contributed by atoms with Crippen LogP contribution in [0.2, 0.25) is 0 Å². The molecule has 7 heteroatoms. The highest BCUT2D eigenvalue weighted by Gasteiger charge is 2.06. The molecule has 7 nitrogen and oxygen atoms in total. The number of rotatable bonds is 38. The number of quaternary nitrogens is 2. The summed E-state index contributed by atoms with van der Waals surface area (Å²) in [6.07, 6.45) is 46.2. The lowest BCUT2D eigenvalue weighted by Crippen LogP contribution is -2.42. The quantitative estimate of drug-likeness (QED) is 0.0497. The maximum Gasteiger partial charge on any atom is 0.0780 e. The monoisotopic (exact) mass is 770 g/mol. The Morgan fingerprint density at radius 3 is 0.778 bits per heavy atom. The Morgan fingerprint density at radius 1 is 0.407 bits per heavy atom. The van der Waals surface area contributed by atoms with Crippen LogP contribution in [-0.2, 0) is 9.59 Å². The smallest absolute Gasteiger partial charge is 0.0780 e. The first-order chi connectivity index (χ1) is 25.7. The molecule has 0 aromatic rings. The van der Waals surface area contributed by atoms with Crippen LogP contribution in [0.3, 0.4) is 0 Å². The molecule has 0 rings (SSSR count). The van der Waals surface area contributed by atoms with E-state index in [1.807, 2.05) is 0 Å². The van der Waals surface area contributed by atoms with Crippen LogP contribution in [0, 0.1) is 0 Å². The van der Waals surface area contributed by atoms with Gasteiger partial charge in [0.1, 0.15) is 0 Å². The standard InChI is InChI=1S/2C21H46N.C5H9NO4/c2*1-5-6-7-8-9-10-11-12-13-14-15-16-17-18-19-20-21-22(2,3)4;6-3(5(9)10)1-2-4(7)8/h2*5-21H2,1-4H3;3H,1-2,6H2,(H,7,8)(H,9,10)/q2*+1;/p-2. The zero-order valence-electron chi connectivity index (χ0n) is 38.1. The Labute approximate surface area is 339 Å². The van der Waals surface area contributed by atoms with Crippen molar-refractivity contribution in [2.24, 2.45) is 5.73 Å². The molecule has 1 atom stereocenters. The molecule has 0 aliphatic heterocycles. The number of hydrogen-bond donors (Lipinski definition) is 1. The van der Waals surface area contributed by atoms with Gasteiger partial charge in [0.2, 0.25) is 0 Å². The molecule has 0 amide bonds. The maximum absolute atomic E-state index is 9.86. The van der Waals surface area contributed by atoms with Gasteiger partial charge in [-0.3, -0.25) is 0 Å². The van der Waals surface area contributed by atoms with Gasteiger partial charge in [0.15, 0.2) is 0 Å². The minimum Gasteiger partial charge on any atom is -0.550 e.